The predicted octanol–water partition coefficient (Wildman–Crippen LogP) is -0.256. The van der Waals surface area contributed by atoms with Crippen LogP contribution in [0.4, 0.5) is 5.82 Å². The van der Waals surface area contributed by atoms with Crippen LogP contribution in [0.25, 0.3) is 11.2 Å². The van der Waals surface area contributed by atoms with Gasteiger partial charge in [-0.1, -0.05) is 13.3 Å². The summed E-state index contributed by atoms with van der Waals surface area (Å²) in [6.45, 7) is 1.95. The quantitative estimate of drug-likeness (QED) is 0.504. The number of carbonyl (C=O) groups is 1. The fourth-order valence-corrected chi connectivity index (χ4v) is 4.06. The zero-order valence-electron chi connectivity index (χ0n) is 13.6. The third kappa shape index (κ3) is 3.23. The maximum Gasteiger partial charge on any atom is 0.212 e. The monoisotopic (exact) mass is 369 g/mol. The molecule has 3 heterocycles. The molecule has 1 unspecified atom stereocenters. The minimum absolute atomic E-state index is 0.169. The highest BCUT2D eigenvalue weighted by atomic mass is 31.1. The molecule has 5 N–H and O–H groups in total. The first kappa shape index (κ1) is 18.1. The number of aromatic nitrogens is 4. The number of anilines is 1. The second-order valence-electron chi connectivity index (χ2n) is 5.83. The van der Waals surface area contributed by atoms with Crippen molar-refractivity contribution in [3.63, 3.8) is 0 Å². The van der Waals surface area contributed by atoms with Crippen LogP contribution in [0.5, 0.6) is 0 Å². The number of hydrogen-bond donors (Lipinski definition) is 4. The van der Waals surface area contributed by atoms with Gasteiger partial charge >= 0.3 is 0 Å². The normalized spacial score (nSPS) is 27.7. The molecule has 0 spiro atoms. The van der Waals surface area contributed by atoms with E-state index in [2.05, 4.69) is 15.0 Å². The second-order valence-corrected chi connectivity index (χ2v) is 7.51. The number of rotatable bonds is 6. The van der Waals surface area contributed by atoms with E-state index in [1.807, 2.05) is 6.92 Å². The molecule has 0 bridgehead atoms. The highest BCUT2D eigenvalue weighted by molar-refractivity contribution is 7.69. The van der Waals surface area contributed by atoms with Crippen LogP contribution in [0, 0.1) is 0 Å². The van der Waals surface area contributed by atoms with Crippen molar-refractivity contribution in [1.82, 2.24) is 19.5 Å². The third-order valence-corrected chi connectivity index (χ3v) is 5.62. The van der Waals surface area contributed by atoms with Gasteiger partial charge in [0.15, 0.2) is 23.8 Å². The SMILES string of the molecule is CCCCP(O)C(=O)[C@H]1O[C@@H](n2cnc3c(N)ncnc32)[C@H](O)[C@@H]1O. The molecule has 0 aromatic carbocycles. The van der Waals surface area contributed by atoms with Crippen molar-refractivity contribution < 1.29 is 24.6 Å². The van der Waals surface area contributed by atoms with Crippen molar-refractivity contribution >= 4 is 30.7 Å². The number of aliphatic hydroxyl groups excluding tert-OH is 2. The lowest BCUT2D eigenvalue weighted by Gasteiger charge is -2.17. The summed E-state index contributed by atoms with van der Waals surface area (Å²) in [4.78, 5) is 34.3. The lowest BCUT2D eigenvalue weighted by Crippen LogP contribution is -2.35. The van der Waals surface area contributed by atoms with Crippen LogP contribution in [-0.4, -0.2) is 64.6 Å². The molecule has 2 aromatic heterocycles. The average Bonchev–Trinajstić information content (AvgIpc) is 3.15. The third-order valence-electron chi connectivity index (χ3n) is 4.12. The number of hydrogen-bond acceptors (Lipinski definition) is 9. The van der Waals surface area contributed by atoms with Gasteiger partial charge in [-0.05, 0) is 12.6 Å². The van der Waals surface area contributed by atoms with Gasteiger partial charge in [-0.15, -0.1) is 0 Å². The Morgan fingerprint density at radius 2 is 2.12 bits per heavy atom. The molecule has 1 saturated heterocycles. The molecule has 1 aliphatic rings. The van der Waals surface area contributed by atoms with Crippen molar-refractivity contribution in [3.8, 4) is 0 Å². The fraction of sp³-hybridized carbons (Fsp3) is 0.571. The maximum atomic E-state index is 12.4. The highest BCUT2D eigenvalue weighted by Crippen LogP contribution is 2.41. The molecule has 10 nitrogen and oxygen atoms in total. The molecule has 5 atom stereocenters. The van der Waals surface area contributed by atoms with E-state index in [9.17, 15) is 19.9 Å². The number of ether oxygens (including phenoxy) is 1. The highest BCUT2D eigenvalue weighted by Gasteiger charge is 2.49. The molecule has 1 aliphatic heterocycles. The summed E-state index contributed by atoms with van der Waals surface area (Å²) in [6.07, 6.45) is -0.724. The van der Waals surface area contributed by atoms with Gasteiger partial charge in [-0.2, -0.15) is 0 Å². The van der Waals surface area contributed by atoms with E-state index < -0.39 is 38.2 Å². The molecule has 1 fully saturated rings. The Bertz CT molecular complexity index is 771. The number of aliphatic hydroxyl groups is 2. The maximum absolute atomic E-state index is 12.4. The van der Waals surface area contributed by atoms with E-state index in [-0.39, 0.29) is 5.82 Å². The van der Waals surface area contributed by atoms with Gasteiger partial charge in [0.2, 0.25) is 5.52 Å². The van der Waals surface area contributed by atoms with Gasteiger partial charge < -0.3 is 25.6 Å². The summed E-state index contributed by atoms with van der Waals surface area (Å²) in [6, 6.07) is 0. The average molecular weight is 369 g/mol. The van der Waals surface area contributed by atoms with Crippen LogP contribution < -0.4 is 5.73 Å². The smallest absolute Gasteiger partial charge is 0.212 e. The molecule has 2 aromatic rings. The lowest BCUT2D eigenvalue weighted by atomic mass is 10.1. The van der Waals surface area contributed by atoms with E-state index in [0.29, 0.717) is 23.7 Å². The topological polar surface area (TPSA) is 157 Å². The number of unbranched alkanes of at least 4 members (excludes halogenated alkanes) is 1. The molecule has 3 rings (SSSR count). The minimum atomic E-state index is -1.93. The first-order valence-corrected chi connectivity index (χ1v) is 9.38. The number of nitrogens with zero attached hydrogens (tertiary/aromatic N) is 4. The number of nitrogens with two attached hydrogens (primary N) is 1. The Morgan fingerprint density at radius 1 is 1.36 bits per heavy atom. The van der Waals surface area contributed by atoms with Gasteiger partial charge in [0.05, 0.1) is 14.5 Å². The zero-order valence-corrected chi connectivity index (χ0v) is 14.5. The Hall–Kier alpha value is -1.71. The van der Waals surface area contributed by atoms with Gasteiger partial charge in [0.25, 0.3) is 0 Å². The van der Waals surface area contributed by atoms with Gasteiger partial charge in [0, 0.05) is 0 Å². The molecular formula is C14H20N5O5P. The molecule has 11 heteroatoms. The standard InChI is InChI=1S/C14H20N5O5P/c1-2-3-4-25(23)14(22)10-8(20)9(21)13(24-10)19-6-18-7-11(15)16-5-17-12(7)19/h5-6,8-10,13,20-21,23H,2-4H2,1H3,(H2,15,16,17)/t8-,9+,10-,13+,25?/m0/s1. The predicted molar refractivity (Wildman–Crippen MR) is 89.6 cm³/mol. The van der Waals surface area contributed by atoms with Gasteiger partial charge in [0.1, 0.15) is 24.1 Å². The van der Waals surface area contributed by atoms with Crippen molar-refractivity contribution in [1.29, 1.82) is 0 Å². The summed E-state index contributed by atoms with van der Waals surface area (Å²) in [7, 11) is -1.93. The van der Waals surface area contributed by atoms with Crippen molar-refractivity contribution in [2.24, 2.45) is 0 Å². The zero-order chi connectivity index (χ0) is 18.1. The Labute approximate surface area is 144 Å². The van der Waals surface area contributed by atoms with Crippen molar-refractivity contribution in [2.75, 3.05) is 11.9 Å². The largest absolute Gasteiger partial charge is 0.387 e. The first-order valence-electron chi connectivity index (χ1n) is 7.90. The van der Waals surface area contributed by atoms with Crippen molar-refractivity contribution in [3.05, 3.63) is 12.7 Å². The Balaban J connectivity index is 1.84. The summed E-state index contributed by atoms with van der Waals surface area (Å²) in [5.41, 5.74) is 5.78. The first-order chi connectivity index (χ1) is 12.0. The summed E-state index contributed by atoms with van der Waals surface area (Å²) in [5.74, 6) is 0.169. The number of fused-ring (bicyclic) bond motifs is 1. The van der Waals surface area contributed by atoms with Crippen molar-refractivity contribution in [2.45, 2.75) is 44.3 Å². The van der Waals surface area contributed by atoms with Gasteiger partial charge in [-0.25, -0.2) is 15.0 Å². The summed E-state index contributed by atoms with van der Waals surface area (Å²) in [5, 5.41) is 20.5. The lowest BCUT2D eigenvalue weighted by molar-refractivity contribution is -0.127. The van der Waals surface area contributed by atoms with Gasteiger partial charge in [-0.3, -0.25) is 9.36 Å². The van der Waals surface area contributed by atoms with Crippen LogP contribution in [-0.2, 0) is 9.53 Å². The summed E-state index contributed by atoms with van der Waals surface area (Å²) >= 11 is 0. The van der Waals surface area contributed by atoms with Crippen LogP contribution >= 0.6 is 8.15 Å². The molecule has 0 amide bonds. The van der Waals surface area contributed by atoms with Crippen LogP contribution in [0.15, 0.2) is 12.7 Å². The van der Waals surface area contributed by atoms with E-state index in [1.54, 1.807) is 0 Å². The Morgan fingerprint density at radius 3 is 2.84 bits per heavy atom. The Kier molecular flexibility index (Phi) is 5.26. The number of nitrogen functional groups attached to an aromatic ring is 1. The molecule has 0 aliphatic carbocycles. The molecule has 25 heavy (non-hydrogen) atoms. The van der Waals surface area contributed by atoms with E-state index in [0.717, 1.165) is 6.42 Å². The van der Waals surface area contributed by atoms with E-state index in [4.69, 9.17) is 10.5 Å². The van der Waals surface area contributed by atoms with Crippen LogP contribution in [0.2, 0.25) is 0 Å². The van der Waals surface area contributed by atoms with Crippen LogP contribution in [0.1, 0.15) is 26.0 Å². The number of carbonyl (C=O) groups excluding carboxylic acids is 1. The van der Waals surface area contributed by atoms with E-state index in [1.165, 1.54) is 17.2 Å². The second kappa shape index (κ2) is 7.27. The summed E-state index contributed by atoms with van der Waals surface area (Å²) < 4.78 is 6.96. The van der Waals surface area contributed by atoms with E-state index >= 15 is 0 Å². The number of imidazole rings is 1. The van der Waals surface area contributed by atoms with Crippen LogP contribution in [0.3, 0.4) is 0 Å². The fourth-order valence-electron chi connectivity index (χ4n) is 2.71. The molecule has 0 radical (unpaired) electrons. The minimum Gasteiger partial charge on any atom is -0.387 e. The molecule has 0 saturated carbocycles. The molecular weight excluding hydrogens is 349 g/mol. The molecule has 136 valence electrons.